The van der Waals surface area contributed by atoms with Crippen LogP contribution in [0.4, 0.5) is 0 Å². The maximum Gasteiger partial charge on any atom is 0.137 e. The van der Waals surface area contributed by atoms with Gasteiger partial charge in [0.2, 0.25) is 0 Å². The lowest BCUT2D eigenvalue weighted by Gasteiger charge is -2.45. The van der Waals surface area contributed by atoms with E-state index in [4.69, 9.17) is 4.42 Å². The van der Waals surface area contributed by atoms with Crippen molar-refractivity contribution in [2.75, 3.05) is 14.1 Å². The highest BCUT2D eigenvalue weighted by Crippen LogP contribution is 2.43. The number of aliphatic hydroxyl groups excluding tert-OH is 1. The molecule has 2 aromatic rings. The quantitative estimate of drug-likeness (QED) is 0.925. The number of benzene rings is 1. The van der Waals surface area contributed by atoms with Gasteiger partial charge < -0.3 is 14.4 Å². The SMILES string of the molecule is Cc1cccc2cc(C(O)C3(N(C)C)CCCCC3)oc12. The number of likely N-dealkylation sites (N-methyl/N-ethyl adjacent to an activating group) is 1. The Hall–Kier alpha value is -1.32. The van der Waals surface area contributed by atoms with Crippen LogP contribution in [0.25, 0.3) is 11.0 Å². The Bertz CT molecular complexity index is 623. The molecule has 1 aliphatic rings. The summed E-state index contributed by atoms with van der Waals surface area (Å²) in [6.45, 7) is 2.05. The summed E-state index contributed by atoms with van der Waals surface area (Å²) in [6.07, 6.45) is 5.10. The minimum atomic E-state index is -0.570. The second-order valence-corrected chi connectivity index (χ2v) is 6.60. The second-order valence-electron chi connectivity index (χ2n) is 6.60. The normalized spacial score (nSPS) is 20.0. The average molecular weight is 287 g/mol. The molecule has 114 valence electrons. The molecular formula is C18H25NO2. The zero-order valence-corrected chi connectivity index (χ0v) is 13.2. The van der Waals surface area contributed by atoms with Gasteiger partial charge in [-0.15, -0.1) is 0 Å². The zero-order valence-electron chi connectivity index (χ0n) is 13.2. The third kappa shape index (κ3) is 2.39. The van der Waals surface area contributed by atoms with Crippen molar-refractivity contribution in [1.82, 2.24) is 4.90 Å². The second kappa shape index (κ2) is 5.47. The number of nitrogens with zero attached hydrogens (tertiary/aromatic N) is 1. The van der Waals surface area contributed by atoms with Gasteiger partial charge in [0, 0.05) is 5.39 Å². The molecule has 1 aliphatic carbocycles. The van der Waals surface area contributed by atoms with Crippen LogP contribution < -0.4 is 0 Å². The van der Waals surface area contributed by atoms with Gasteiger partial charge in [-0.3, -0.25) is 0 Å². The molecule has 3 nitrogen and oxygen atoms in total. The van der Waals surface area contributed by atoms with Gasteiger partial charge in [0.05, 0.1) is 5.54 Å². The fourth-order valence-electron chi connectivity index (χ4n) is 3.76. The number of hydrogen-bond acceptors (Lipinski definition) is 3. The molecule has 1 N–H and O–H groups in total. The van der Waals surface area contributed by atoms with E-state index in [1.165, 1.54) is 19.3 Å². The molecule has 1 atom stereocenters. The first kappa shape index (κ1) is 14.6. The lowest BCUT2D eigenvalue weighted by Crippen LogP contribution is -2.50. The Balaban J connectivity index is 2.01. The first-order chi connectivity index (χ1) is 10.0. The molecule has 0 aliphatic heterocycles. The van der Waals surface area contributed by atoms with E-state index >= 15 is 0 Å². The molecule has 0 bridgehead atoms. The van der Waals surface area contributed by atoms with Crippen LogP contribution in [0.1, 0.15) is 49.5 Å². The minimum Gasteiger partial charge on any atom is -0.458 e. The van der Waals surface area contributed by atoms with Gasteiger partial charge in [-0.1, -0.05) is 37.5 Å². The summed E-state index contributed by atoms with van der Waals surface area (Å²) in [6, 6.07) is 8.13. The number of hydrogen-bond donors (Lipinski definition) is 1. The van der Waals surface area contributed by atoms with E-state index in [2.05, 4.69) is 19.0 Å². The topological polar surface area (TPSA) is 36.6 Å². The summed E-state index contributed by atoms with van der Waals surface area (Å²) < 4.78 is 6.01. The van der Waals surface area contributed by atoms with Crippen LogP contribution in [0.3, 0.4) is 0 Å². The van der Waals surface area contributed by atoms with E-state index in [-0.39, 0.29) is 5.54 Å². The number of aryl methyl sites for hydroxylation is 1. The lowest BCUT2D eigenvalue weighted by molar-refractivity contribution is -0.0433. The molecule has 0 radical (unpaired) electrons. The third-order valence-electron chi connectivity index (χ3n) is 5.15. The summed E-state index contributed by atoms with van der Waals surface area (Å²) in [4.78, 5) is 2.19. The number of rotatable bonds is 3. The predicted octanol–water partition coefficient (Wildman–Crippen LogP) is 4.04. The summed E-state index contributed by atoms with van der Waals surface area (Å²) in [5.74, 6) is 0.704. The highest BCUT2D eigenvalue weighted by atomic mass is 16.4. The van der Waals surface area contributed by atoms with E-state index in [1.54, 1.807) is 0 Å². The molecule has 1 aromatic heterocycles. The lowest BCUT2D eigenvalue weighted by atomic mass is 9.76. The van der Waals surface area contributed by atoms with E-state index in [1.807, 2.05) is 31.2 Å². The minimum absolute atomic E-state index is 0.194. The molecule has 1 saturated carbocycles. The van der Waals surface area contributed by atoms with E-state index < -0.39 is 6.10 Å². The third-order valence-corrected chi connectivity index (χ3v) is 5.15. The van der Waals surface area contributed by atoms with Gasteiger partial charge in [-0.2, -0.15) is 0 Å². The van der Waals surface area contributed by atoms with Crippen molar-refractivity contribution < 1.29 is 9.52 Å². The molecule has 0 saturated heterocycles. The van der Waals surface area contributed by atoms with Crippen LogP contribution in [0.2, 0.25) is 0 Å². The Labute approximate surface area is 126 Å². The molecule has 1 aromatic carbocycles. The molecule has 3 rings (SSSR count). The van der Waals surface area contributed by atoms with Gasteiger partial charge >= 0.3 is 0 Å². The number of para-hydroxylation sites is 1. The molecule has 3 heteroatoms. The van der Waals surface area contributed by atoms with Gasteiger partial charge in [-0.25, -0.2) is 0 Å². The van der Waals surface area contributed by atoms with Crippen molar-refractivity contribution in [3.63, 3.8) is 0 Å². The Morgan fingerprint density at radius 2 is 1.90 bits per heavy atom. The maximum absolute atomic E-state index is 11.0. The molecule has 1 heterocycles. The van der Waals surface area contributed by atoms with E-state index in [0.717, 1.165) is 29.4 Å². The van der Waals surface area contributed by atoms with Gasteiger partial charge in [0.15, 0.2) is 0 Å². The Kier molecular flexibility index (Phi) is 3.80. The van der Waals surface area contributed by atoms with Crippen LogP contribution in [-0.2, 0) is 0 Å². The first-order valence-electron chi connectivity index (χ1n) is 7.89. The van der Waals surface area contributed by atoms with Crippen LogP contribution in [0.15, 0.2) is 28.7 Å². The monoisotopic (exact) mass is 287 g/mol. The summed E-state index contributed by atoms with van der Waals surface area (Å²) in [5.41, 5.74) is 1.82. The summed E-state index contributed by atoms with van der Waals surface area (Å²) in [7, 11) is 4.14. The molecule has 0 spiro atoms. The van der Waals surface area contributed by atoms with Gasteiger partial charge in [0.1, 0.15) is 17.4 Å². The maximum atomic E-state index is 11.0. The number of fused-ring (bicyclic) bond motifs is 1. The summed E-state index contributed by atoms with van der Waals surface area (Å²) >= 11 is 0. The number of aliphatic hydroxyl groups is 1. The standard InChI is InChI=1S/C18H25NO2/c1-13-8-7-9-14-12-15(21-16(13)14)17(20)18(19(2)3)10-5-4-6-11-18/h7-9,12,17,20H,4-6,10-11H2,1-3H3. The van der Waals surface area contributed by atoms with Crippen LogP contribution in [0, 0.1) is 6.92 Å². The van der Waals surface area contributed by atoms with Crippen LogP contribution >= 0.6 is 0 Å². The van der Waals surface area contributed by atoms with Crippen LogP contribution in [0.5, 0.6) is 0 Å². The zero-order chi connectivity index (χ0) is 15.0. The van der Waals surface area contributed by atoms with Crippen molar-refractivity contribution in [2.45, 2.75) is 50.7 Å². The predicted molar refractivity (Wildman–Crippen MR) is 85.4 cm³/mol. The fourth-order valence-corrected chi connectivity index (χ4v) is 3.76. The molecular weight excluding hydrogens is 262 g/mol. The molecule has 21 heavy (non-hydrogen) atoms. The average Bonchev–Trinajstić information content (AvgIpc) is 2.92. The Morgan fingerprint density at radius 3 is 2.52 bits per heavy atom. The molecule has 1 unspecified atom stereocenters. The van der Waals surface area contributed by atoms with Crippen LogP contribution in [-0.4, -0.2) is 29.6 Å². The highest BCUT2D eigenvalue weighted by molar-refractivity contribution is 5.81. The van der Waals surface area contributed by atoms with Gasteiger partial charge in [-0.05, 0) is 45.5 Å². The van der Waals surface area contributed by atoms with E-state index in [9.17, 15) is 5.11 Å². The van der Waals surface area contributed by atoms with Crippen molar-refractivity contribution in [3.05, 3.63) is 35.6 Å². The smallest absolute Gasteiger partial charge is 0.137 e. The van der Waals surface area contributed by atoms with Crippen molar-refractivity contribution in [2.24, 2.45) is 0 Å². The molecule has 1 fully saturated rings. The number of furan rings is 1. The fraction of sp³-hybridized carbons (Fsp3) is 0.556. The van der Waals surface area contributed by atoms with Gasteiger partial charge in [0.25, 0.3) is 0 Å². The van der Waals surface area contributed by atoms with Crippen molar-refractivity contribution >= 4 is 11.0 Å². The highest BCUT2D eigenvalue weighted by Gasteiger charge is 2.43. The van der Waals surface area contributed by atoms with Crippen molar-refractivity contribution in [1.29, 1.82) is 0 Å². The first-order valence-corrected chi connectivity index (χ1v) is 7.89. The summed E-state index contributed by atoms with van der Waals surface area (Å²) in [5, 5.41) is 12.1. The largest absolute Gasteiger partial charge is 0.458 e. The Morgan fingerprint density at radius 1 is 1.19 bits per heavy atom. The van der Waals surface area contributed by atoms with E-state index in [0.29, 0.717) is 5.76 Å². The van der Waals surface area contributed by atoms with Crippen molar-refractivity contribution in [3.8, 4) is 0 Å². The molecule has 0 amide bonds.